The number of halogens is 1. The third kappa shape index (κ3) is 3.07. The van der Waals surface area contributed by atoms with Crippen LogP contribution in [0.2, 0.25) is 0 Å². The van der Waals surface area contributed by atoms with Crippen molar-refractivity contribution < 1.29 is 13.9 Å². The molecule has 0 unspecified atom stereocenters. The average molecular weight is 374 g/mol. The number of pyridine rings is 2. The Bertz CT molecular complexity index is 962. The highest BCUT2D eigenvalue weighted by Crippen LogP contribution is 2.38. The largest absolute Gasteiger partial charge is 0.462 e. The van der Waals surface area contributed by atoms with Crippen LogP contribution in [-0.2, 0) is 4.74 Å². The maximum atomic E-state index is 15.1. The van der Waals surface area contributed by atoms with E-state index in [1.54, 1.807) is 13.8 Å². The molecule has 2 aliphatic rings. The van der Waals surface area contributed by atoms with Gasteiger partial charge in [-0.3, -0.25) is 4.79 Å². The summed E-state index contributed by atoms with van der Waals surface area (Å²) in [6.45, 7) is 6.27. The minimum atomic E-state index is -0.676. The number of aromatic nitrogens is 2. The number of hydrogen-bond acceptors (Lipinski definition) is 6. The first-order valence-electron chi connectivity index (χ1n) is 9.40. The Hall–Kier alpha value is -2.48. The van der Waals surface area contributed by atoms with E-state index >= 15 is 4.39 Å². The van der Waals surface area contributed by atoms with Crippen molar-refractivity contribution in [1.29, 1.82) is 0 Å². The van der Waals surface area contributed by atoms with Crippen LogP contribution in [0, 0.1) is 12.7 Å². The average Bonchev–Trinajstić information content (AvgIpc) is 3.50. The van der Waals surface area contributed by atoms with E-state index in [-0.39, 0.29) is 35.0 Å². The van der Waals surface area contributed by atoms with Crippen LogP contribution in [0.4, 0.5) is 10.2 Å². The maximum absolute atomic E-state index is 15.1. The molecule has 0 bridgehead atoms. The Morgan fingerprint density at radius 3 is 2.70 bits per heavy atom. The molecule has 0 spiro atoms. The zero-order valence-corrected chi connectivity index (χ0v) is 15.5. The predicted octanol–water partition coefficient (Wildman–Crippen LogP) is 1.77. The molecule has 7 nitrogen and oxygen atoms in total. The van der Waals surface area contributed by atoms with Gasteiger partial charge in [0.1, 0.15) is 11.2 Å². The normalized spacial score (nSPS) is 17.4. The van der Waals surface area contributed by atoms with E-state index < -0.39 is 17.2 Å². The number of hydrogen-bond donors (Lipinski definition) is 1. The predicted molar refractivity (Wildman–Crippen MR) is 100 cm³/mol. The first kappa shape index (κ1) is 17.9. The molecule has 1 N–H and O–H groups in total. The van der Waals surface area contributed by atoms with E-state index in [2.05, 4.69) is 10.3 Å². The lowest BCUT2D eigenvalue weighted by molar-refractivity contribution is 0.0524. The molecule has 27 heavy (non-hydrogen) atoms. The van der Waals surface area contributed by atoms with Gasteiger partial charge in [0, 0.05) is 44.0 Å². The van der Waals surface area contributed by atoms with Crippen molar-refractivity contribution in [2.24, 2.45) is 0 Å². The van der Waals surface area contributed by atoms with Crippen LogP contribution < -0.4 is 15.6 Å². The minimum absolute atomic E-state index is 0.0597. The monoisotopic (exact) mass is 374 g/mol. The fraction of sp³-hybridized carbons (Fsp3) is 0.526. The lowest BCUT2D eigenvalue weighted by atomic mass is 10.1. The molecule has 2 fully saturated rings. The van der Waals surface area contributed by atoms with Gasteiger partial charge in [-0.1, -0.05) is 0 Å². The summed E-state index contributed by atoms with van der Waals surface area (Å²) in [6.07, 6.45) is 3.43. The number of nitrogens with zero attached hydrogens (tertiary/aromatic N) is 3. The van der Waals surface area contributed by atoms with Gasteiger partial charge in [-0.05, 0) is 26.7 Å². The van der Waals surface area contributed by atoms with Crippen molar-refractivity contribution in [2.45, 2.75) is 32.7 Å². The van der Waals surface area contributed by atoms with Crippen LogP contribution in [-0.4, -0.2) is 48.3 Å². The highest BCUT2D eigenvalue weighted by molar-refractivity contribution is 5.94. The number of carbonyl (C=O) groups excluding carboxylic acids is 1. The molecule has 1 aliphatic carbocycles. The molecule has 1 saturated carbocycles. The van der Waals surface area contributed by atoms with Gasteiger partial charge in [-0.25, -0.2) is 14.2 Å². The first-order chi connectivity index (χ1) is 13.0. The fourth-order valence-electron chi connectivity index (χ4n) is 3.57. The Labute approximate surface area is 156 Å². The molecule has 3 heterocycles. The van der Waals surface area contributed by atoms with Crippen molar-refractivity contribution in [1.82, 2.24) is 14.9 Å². The number of fused-ring (bicyclic) bond motifs is 1. The quantitative estimate of drug-likeness (QED) is 0.822. The molecule has 0 radical (unpaired) electrons. The zero-order chi connectivity index (χ0) is 19.1. The van der Waals surface area contributed by atoms with Gasteiger partial charge in [0.05, 0.1) is 12.0 Å². The second-order valence-corrected chi connectivity index (χ2v) is 7.04. The second-order valence-electron chi connectivity index (χ2n) is 7.04. The number of piperazine rings is 1. The summed E-state index contributed by atoms with van der Waals surface area (Å²) in [5.74, 6) is -0.895. The van der Waals surface area contributed by atoms with Gasteiger partial charge < -0.3 is 19.5 Å². The molecule has 1 aliphatic heterocycles. The zero-order valence-electron chi connectivity index (χ0n) is 15.5. The maximum Gasteiger partial charge on any atom is 0.343 e. The van der Waals surface area contributed by atoms with Crippen molar-refractivity contribution in [2.75, 3.05) is 37.7 Å². The molecular weight excluding hydrogens is 351 g/mol. The molecule has 144 valence electrons. The molecular formula is C19H23FN4O3. The van der Waals surface area contributed by atoms with E-state index in [1.807, 2.05) is 9.47 Å². The van der Waals surface area contributed by atoms with Crippen LogP contribution >= 0.6 is 0 Å². The Balaban J connectivity index is 1.96. The molecule has 2 aromatic rings. The highest BCUT2D eigenvalue weighted by atomic mass is 19.1. The van der Waals surface area contributed by atoms with E-state index in [1.165, 1.54) is 6.20 Å². The van der Waals surface area contributed by atoms with Crippen LogP contribution in [0.25, 0.3) is 11.0 Å². The number of carbonyl (C=O) groups is 1. The smallest absolute Gasteiger partial charge is 0.343 e. The number of esters is 1. The summed E-state index contributed by atoms with van der Waals surface area (Å²) in [7, 11) is 0. The number of ether oxygens (including phenoxy) is 1. The number of nitrogens with one attached hydrogen (secondary N) is 1. The lowest BCUT2D eigenvalue weighted by Crippen LogP contribution is -2.44. The third-order valence-corrected chi connectivity index (χ3v) is 5.17. The van der Waals surface area contributed by atoms with Crippen molar-refractivity contribution in [3.8, 4) is 0 Å². The number of aryl methyl sites for hydroxylation is 1. The van der Waals surface area contributed by atoms with Crippen LogP contribution in [0.5, 0.6) is 0 Å². The van der Waals surface area contributed by atoms with Crippen molar-refractivity contribution in [3.05, 3.63) is 33.4 Å². The fourth-order valence-corrected chi connectivity index (χ4v) is 3.57. The SMILES string of the molecule is CCOC(=O)c1cn(C2CC2)c2nc(N3CCNCC3)c(F)c(C)c2c1=O. The van der Waals surface area contributed by atoms with E-state index in [0.29, 0.717) is 18.7 Å². The standard InChI is InChI=1S/C19H23FN4O3/c1-3-27-19(26)13-10-24(12-4-5-12)17-14(16(13)25)11(2)15(20)18(22-17)23-8-6-21-7-9-23/h10,12,21H,3-9H2,1-2H3. The molecule has 0 atom stereocenters. The summed E-state index contributed by atoms with van der Waals surface area (Å²) < 4.78 is 22.0. The van der Waals surface area contributed by atoms with Crippen LogP contribution in [0.1, 0.15) is 41.7 Å². The molecule has 4 rings (SSSR count). The number of anilines is 1. The van der Waals surface area contributed by atoms with E-state index in [0.717, 1.165) is 25.9 Å². The molecule has 8 heteroatoms. The third-order valence-electron chi connectivity index (χ3n) is 5.17. The summed E-state index contributed by atoms with van der Waals surface area (Å²) in [5, 5.41) is 3.41. The lowest BCUT2D eigenvalue weighted by Gasteiger charge is -2.29. The summed E-state index contributed by atoms with van der Waals surface area (Å²) in [4.78, 5) is 31.7. The molecule has 0 amide bonds. The highest BCUT2D eigenvalue weighted by Gasteiger charge is 2.30. The summed E-state index contributed by atoms with van der Waals surface area (Å²) in [6, 6.07) is 0.175. The van der Waals surface area contributed by atoms with E-state index in [9.17, 15) is 9.59 Å². The van der Waals surface area contributed by atoms with E-state index in [4.69, 9.17) is 4.74 Å². The molecule has 2 aromatic heterocycles. The van der Waals surface area contributed by atoms with Gasteiger partial charge in [0.2, 0.25) is 5.43 Å². The molecule has 1 saturated heterocycles. The van der Waals surface area contributed by atoms with Crippen molar-refractivity contribution >= 4 is 22.8 Å². The van der Waals surface area contributed by atoms with Gasteiger partial charge in [-0.2, -0.15) is 0 Å². The summed E-state index contributed by atoms with van der Waals surface area (Å²) in [5.41, 5.74) is 0.105. The van der Waals surface area contributed by atoms with Crippen LogP contribution in [0.15, 0.2) is 11.0 Å². The molecule has 0 aromatic carbocycles. The van der Waals surface area contributed by atoms with Crippen LogP contribution in [0.3, 0.4) is 0 Å². The Morgan fingerprint density at radius 1 is 1.37 bits per heavy atom. The Morgan fingerprint density at radius 2 is 2.07 bits per heavy atom. The van der Waals surface area contributed by atoms with Gasteiger partial charge >= 0.3 is 5.97 Å². The van der Waals surface area contributed by atoms with Crippen molar-refractivity contribution in [3.63, 3.8) is 0 Å². The minimum Gasteiger partial charge on any atom is -0.462 e. The van der Waals surface area contributed by atoms with Gasteiger partial charge in [-0.15, -0.1) is 0 Å². The first-order valence-corrected chi connectivity index (χ1v) is 9.40. The topological polar surface area (TPSA) is 76.5 Å². The second kappa shape index (κ2) is 6.92. The Kier molecular flexibility index (Phi) is 4.59. The summed E-state index contributed by atoms with van der Waals surface area (Å²) >= 11 is 0. The van der Waals surface area contributed by atoms with Gasteiger partial charge in [0.15, 0.2) is 11.6 Å². The van der Waals surface area contributed by atoms with Gasteiger partial charge in [0.25, 0.3) is 0 Å². The number of rotatable bonds is 4.